The third-order valence-electron chi connectivity index (χ3n) is 14.6. The van der Waals surface area contributed by atoms with E-state index in [1.165, 1.54) is 17.7 Å². The molecule has 0 bridgehead atoms. The number of piperidine rings is 1. The minimum Gasteiger partial charge on any atom is -0.444 e. The molecule has 4 aliphatic heterocycles. The van der Waals surface area contributed by atoms with Gasteiger partial charge >= 0.3 is 12.2 Å². The highest BCUT2D eigenvalue weighted by Gasteiger charge is 2.39. The Kier molecular flexibility index (Phi) is 13.2. The van der Waals surface area contributed by atoms with Crippen molar-refractivity contribution in [3.8, 4) is 22.5 Å². The number of anilines is 2. The number of nitrogens with zero attached hydrogens (tertiary/aromatic N) is 6. The molecule has 2 amide bonds. The third-order valence-corrected chi connectivity index (χ3v) is 14.6. The molecule has 0 radical (unpaired) electrons. The van der Waals surface area contributed by atoms with Crippen LogP contribution in [0, 0.1) is 11.6 Å². The summed E-state index contributed by atoms with van der Waals surface area (Å²) in [5.41, 5.74) is 6.24. The van der Waals surface area contributed by atoms with Gasteiger partial charge in [-0.15, -0.1) is 0 Å². The van der Waals surface area contributed by atoms with E-state index >= 15 is 8.78 Å². The molecule has 12 nitrogen and oxygen atoms in total. The Morgan fingerprint density at radius 2 is 1.01 bits per heavy atom. The van der Waals surface area contributed by atoms with Crippen molar-refractivity contribution in [1.82, 2.24) is 29.7 Å². The monoisotopic (exact) mass is 965 g/mol. The number of benzene rings is 4. The van der Waals surface area contributed by atoms with E-state index < -0.39 is 22.8 Å². The van der Waals surface area contributed by atoms with E-state index in [0.717, 1.165) is 96.7 Å². The summed E-state index contributed by atoms with van der Waals surface area (Å²) in [6, 6.07) is 29.4. The van der Waals surface area contributed by atoms with Crippen molar-refractivity contribution in [2.75, 3.05) is 36.0 Å². The van der Waals surface area contributed by atoms with Crippen LogP contribution in [-0.2, 0) is 9.47 Å². The van der Waals surface area contributed by atoms with Crippen molar-refractivity contribution in [1.29, 1.82) is 0 Å². The van der Waals surface area contributed by atoms with Crippen molar-refractivity contribution < 1.29 is 27.8 Å². The summed E-state index contributed by atoms with van der Waals surface area (Å²) in [4.78, 5) is 50.2. The first kappa shape index (κ1) is 48.0. The van der Waals surface area contributed by atoms with E-state index in [1.807, 2.05) is 77.0 Å². The topological polar surface area (TPSA) is 123 Å². The number of nitrogens with one attached hydrogen (secondary N) is 2. The predicted octanol–water partition coefficient (Wildman–Crippen LogP) is 13.4. The predicted molar refractivity (Wildman–Crippen MR) is 272 cm³/mol. The van der Waals surface area contributed by atoms with Gasteiger partial charge in [-0.25, -0.2) is 28.3 Å². The molecule has 4 fully saturated rings. The molecule has 71 heavy (non-hydrogen) atoms. The zero-order chi connectivity index (χ0) is 49.6. The highest BCUT2D eigenvalue weighted by Crippen LogP contribution is 2.49. The molecule has 4 aliphatic rings. The van der Waals surface area contributed by atoms with Gasteiger partial charge in [-0.2, -0.15) is 0 Å². The van der Waals surface area contributed by atoms with Gasteiger partial charge in [0.05, 0.1) is 47.9 Å². The number of aromatic amines is 2. The van der Waals surface area contributed by atoms with Crippen LogP contribution in [0.15, 0.2) is 103 Å². The van der Waals surface area contributed by atoms with Crippen molar-refractivity contribution >= 4 is 23.6 Å². The molecule has 0 spiro atoms. The second kappa shape index (κ2) is 19.5. The fourth-order valence-electron chi connectivity index (χ4n) is 11.2. The molecular weight excluding hydrogens is 899 g/mol. The number of likely N-dealkylation sites (tertiary alicyclic amines) is 2. The summed E-state index contributed by atoms with van der Waals surface area (Å²) < 4.78 is 44.7. The van der Waals surface area contributed by atoms with Gasteiger partial charge in [0.25, 0.3) is 0 Å². The molecule has 6 heterocycles. The molecule has 10 rings (SSSR count). The van der Waals surface area contributed by atoms with Crippen LogP contribution in [0.2, 0.25) is 0 Å². The number of ether oxygens (including phenoxy) is 2. The van der Waals surface area contributed by atoms with Gasteiger partial charge in [0.2, 0.25) is 0 Å². The van der Waals surface area contributed by atoms with Crippen LogP contribution in [0.25, 0.3) is 22.5 Å². The smallest absolute Gasteiger partial charge is 0.410 e. The highest BCUT2D eigenvalue weighted by atomic mass is 19.1. The summed E-state index contributed by atoms with van der Waals surface area (Å²) in [7, 11) is 0. The van der Waals surface area contributed by atoms with Crippen LogP contribution in [0.5, 0.6) is 0 Å². The van der Waals surface area contributed by atoms with E-state index in [4.69, 9.17) is 19.4 Å². The Morgan fingerprint density at radius 3 is 1.45 bits per heavy atom. The molecule has 6 aromatic rings. The quantitative estimate of drug-likeness (QED) is 0.147. The summed E-state index contributed by atoms with van der Waals surface area (Å²) in [6.07, 6.45) is 9.44. The molecule has 2 N–H and O–H groups in total. The van der Waals surface area contributed by atoms with Gasteiger partial charge in [-0.3, -0.25) is 9.80 Å². The first-order valence-electron chi connectivity index (χ1n) is 25.4. The molecular formula is C57H66F2N8O4. The number of amides is 2. The number of H-pyrrole nitrogens is 2. The normalized spacial score (nSPS) is 21.1. The number of carbonyl (C=O) groups excluding carboxylic acids is 2. The van der Waals surface area contributed by atoms with Gasteiger partial charge in [0.1, 0.15) is 28.5 Å². The molecule has 0 aliphatic carbocycles. The Bertz CT molecular complexity index is 2670. The standard InChI is InChI=1S/C57H66F2N8O4/c1-56(2,3)70-54(68)65-28-10-14-49(65)52-60-34-45(62-52)38-16-20-40(21-17-38)47-24-25-48(67(47)42-32-43(58)51(44(59)33-42)64-30-26-37(27-31-64)36-12-8-7-9-13-36)41-22-18-39(19-23-41)46-35-61-53(63-46)50-15-11-29-66(50)55(69)71-57(4,5)6/h7-9,12-13,16-23,32-35,37,47-50H,10-11,14-15,24-31H2,1-6H3,(H,60,62)(H,61,63)/t47-,48-,49+,50?/m1/s1. The van der Waals surface area contributed by atoms with Crippen LogP contribution in [0.4, 0.5) is 29.7 Å². The van der Waals surface area contributed by atoms with Crippen molar-refractivity contribution in [3.63, 3.8) is 0 Å². The lowest BCUT2D eigenvalue weighted by molar-refractivity contribution is 0.0208. The molecule has 4 aromatic carbocycles. The molecule has 0 saturated carbocycles. The molecule has 1 unspecified atom stereocenters. The molecule has 2 aromatic heterocycles. The van der Waals surface area contributed by atoms with Gasteiger partial charge in [0, 0.05) is 31.9 Å². The summed E-state index contributed by atoms with van der Waals surface area (Å²) >= 11 is 0. The number of hydrogen-bond acceptors (Lipinski definition) is 8. The number of rotatable bonds is 9. The molecule has 372 valence electrons. The SMILES string of the molecule is CC(C)(C)OC(=O)N1CCCC1c1ncc(-c2ccc([C@H]3CC[C@H](c4ccc(-c5cnc([C@@H]6CCCN6C(=O)OC(C)(C)C)[nH]5)cc4)N3c3cc(F)c(N4CCC(c5ccccc5)CC4)c(F)c3)cc2)[nH]1. The Labute approximate surface area is 415 Å². The number of halogens is 2. The van der Waals surface area contributed by atoms with Crippen molar-refractivity contribution in [3.05, 3.63) is 143 Å². The minimum atomic E-state index is -0.594. The van der Waals surface area contributed by atoms with Crippen LogP contribution >= 0.6 is 0 Å². The summed E-state index contributed by atoms with van der Waals surface area (Å²) in [5, 5.41) is 0. The number of carbonyl (C=O) groups is 2. The summed E-state index contributed by atoms with van der Waals surface area (Å²) in [5.74, 6) is 0.693. The molecule has 14 heteroatoms. The van der Waals surface area contributed by atoms with Gasteiger partial charge in [-0.1, -0.05) is 78.9 Å². The number of hydrogen-bond donors (Lipinski definition) is 2. The average molecular weight is 965 g/mol. The number of aromatic nitrogens is 4. The van der Waals surface area contributed by atoms with E-state index in [2.05, 4.69) is 75.5 Å². The Morgan fingerprint density at radius 1 is 0.563 bits per heavy atom. The second-order valence-electron chi connectivity index (χ2n) is 21.7. The van der Waals surface area contributed by atoms with Crippen molar-refractivity contribution in [2.24, 2.45) is 0 Å². The van der Waals surface area contributed by atoms with E-state index in [0.29, 0.717) is 37.8 Å². The second-order valence-corrected chi connectivity index (χ2v) is 21.7. The average Bonchev–Trinajstić information content (AvgIpc) is 4.20. The van der Waals surface area contributed by atoms with E-state index in [1.54, 1.807) is 9.80 Å². The largest absolute Gasteiger partial charge is 0.444 e. The zero-order valence-corrected chi connectivity index (χ0v) is 41.8. The first-order valence-corrected chi connectivity index (χ1v) is 25.4. The van der Waals surface area contributed by atoms with E-state index in [9.17, 15) is 9.59 Å². The van der Waals surface area contributed by atoms with E-state index in [-0.39, 0.29) is 42.0 Å². The fraction of sp³-hybridized carbons (Fsp3) is 0.439. The van der Waals surface area contributed by atoms with Gasteiger partial charge < -0.3 is 29.2 Å². The van der Waals surface area contributed by atoms with Crippen LogP contribution in [0.3, 0.4) is 0 Å². The molecule has 4 atom stereocenters. The molecule has 4 saturated heterocycles. The third kappa shape index (κ3) is 10.3. The summed E-state index contributed by atoms with van der Waals surface area (Å²) in [6.45, 7) is 13.6. The zero-order valence-electron chi connectivity index (χ0n) is 41.8. The minimum absolute atomic E-state index is 0.0396. The van der Waals surface area contributed by atoms with Gasteiger partial charge in [-0.05, 0) is 139 Å². The maximum atomic E-state index is 16.6. The maximum Gasteiger partial charge on any atom is 0.410 e. The fourth-order valence-corrected chi connectivity index (χ4v) is 11.2. The lowest BCUT2D eigenvalue weighted by Crippen LogP contribution is -2.36. The highest BCUT2D eigenvalue weighted by molar-refractivity contribution is 5.70. The van der Waals surface area contributed by atoms with Crippen LogP contribution in [0.1, 0.15) is 151 Å². The van der Waals surface area contributed by atoms with Crippen molar-refractivity contribution in [2.45, 2.75) is 134 Å². The van der Waals surface area contributed by atoms with Crippen LogP contribution in [-0.4, -0.2) is 79.3 Å². The lowest BCUT2D eigenvalue weighted by atomic mass is 9.89. The Balaban J connectivity index is 0.910. The van der Waals surface area contributed by atoms with Crippen LogP contribution < -0.4 is 9.80 Å². The first-order chi connectivity index (χ1) is 34.1. The lowest BCUT2D eigenvalue weighted by Gasteiger charge is -2.36. The Hall–Kier alpha value is -6.70. The number of imidazole rings is 2. The maximum absolute atomic E-state index is 16.6. The van der Waals surface area contributed by atoms with Gasteiger partial charge in [0.15, 0.2) is 11.6 Å².